The van der Waals surface area contributed by atoms with Crippen molar-refractivity contribution >= 4 is 17.2 Å². The lowest BCUT2D eigenvalue weighted by Crippen LogP contribution is -2.43. The summed E-state index contributed by atoms with van der Waals surface area (Å²) in [4.78, 5) is 24.5. The Morgan fingerprint density at radius 1 is 1.43 bits per heavy atom. The molecule has 0 aromatic carbocycles. The molecular formula is C16H19N3OS. The molecule has 3 heterocycles. The Labute approximate surface area is 128 Å². The van der Waals surface area contributed by atoms with E-state index < -0.39 is 5.54 Å². The van der Waals surface area contributed by atoms with E-state index in [2.05, 4.69) is 16.9 Å². The van der Waals surface area contributed by atoms with E-state index in [-0.39, 0.29) is 5.91 Å². The van der Waals surface area contributed by atoms with Crippen molar-refractivity contribution in [2.75, 3.05) is 6.54 Å². The van der Waals surface area contributed by atoms with E-state index in [9.17, 15) is 4.79 Å². The summed E-state index contributed by atoms with van der Waals surface area (Å²) >= 11 is 1.51. The Bertz CT molecular complexity index is 682. The van der Waals surface area contributed by atoms with Gasteiger partial charge in [0.05, 0.1) is 4.88 Å². The number of nitrogens with zero attached hydrogens (tertiary/aromatic N) is 3. The average molecular weight is 301 g/mol. The predicted octanol–water partition coefficient (Wildman–Crippen LogP) is 3.31. The summed E-state index contributed by atoms with van der Waals surface area (Å²) in [5.74, 6) is 0.847. The maximum atomic E-state index is 12.8. The fraction of sp³-hybridized carbons (Fsp3) is 0.438. The number of likely N-dealkylation sites (tertiary alicyclic amines) is 1. The van der Waals surface area contributed by atoms with Crippen LogP contribution in [-0.2, 0) is 5.54 Å². The van der Waals surface area contributed by atoms with Gasteiger partial charge < -0.3 is 4.90 Å². The summed E-state index contributed by atoms with van der Waals surface area (Å²) in [7, 11) is 0. The number of aromatic nitrogens is 2. The number of carbonyl (C=O) groups excluding carboxylic acids is 1. The molecule has 5 heteroatoms. The minimum Gasteiger partial charge on any atom is -0.325 e. The smallest absolute Gasteiger partial charge is 0.264 e. The molecule has 0 saturated carbocycles. The largest absolute Gasteiger partial charge is 0.325 e. The molecule has 0 N–H and O–H groups in total. The number of hydrogen-bond donors (Lipinski definition) is 0. The summed E-state index contributed by atoms with van der Waals surface area (Å²) in [6.45, 7) is 6.81. The van der Waals surface area contributed by atoms with Crippen LogP contribution >= 0.6 is 11.3 Å². The van der Waals surface area contributed by atoms with Gasteiger partial charge in [0.2, 0.25) is 0 Å². The molecule has 2 aromatic rings. The molecule has 1 aliphatic heterocycles. The normalized spacial score (nSPS) is 21.8. The third kappa shape index (κ3) is 2.46. The maximum Gasteiger partial charge on any atom is 0.264 e. The van der Waals surface area contributed by atoms with Crippen molar-refractivity contribution in [1.82, 2.24) is 14.9 Å². The van der Waals surface area contributed by atoms with Crippen molar-refractivity contribution < 1.29 is 4.79 Å². The molecular weight excluding hydrogens is 282 g/mol. The first-order chi connectivity index (χ1) is 10.0. The third-order valence-corrected chi connectivity index (χ3v) is 5.14. The van der Waals surface area contributed by atoms with E-state index >= 15 is 0 Å². The summed E-state index contributed by atoms with van der Waals surface area (Å²) in [6, 6.07) is 3.85. The van der Waals surface area contributed by atoms with Gasteiger partial charge in [-0.05, 0) is 56.7 Å². The fourth-order valence-corrected chi connectivity index (χ4v) is 3.75. The highest BCUT2D eigenvalue weighted by Crippen LogP contribution is 2.38. The standard InChI is InChI=1S/C16H19N3OS/c1-11-9-13(21-10-11)14(20)19-8-4-6-16(19,3)15-17-7-5-12(2)18-15/h5,7,9-10H,4,6,8H2,1-3H3. The zero-order valence-corrected chi connectivity index (χ0v) is 13.4. The lowest BCUT2D eigenvalue weighted by molar-refractivity contribution is 0.0608. The minimum atomic E-state index is -0.402. The van der Waals surface area contributed by atoms with Crippen LogP contribution in [0.1, 0.15) is 46.5 Å². The van der Waals surface area contributed by atoms with Gasteiger partial charge in [0, 0.05) is 18.4 Å². The lowest BCUT2D eigenvalue weighted by atomic mass is 9.97. The molecule has 0 aliphatic carbocycles. The molecule has 1 atom stereocenters. The van der Waals surface area contributed by atoms with Crippen LogP contribution in [0.3, 0.4) is 0 Å². The van der Waals surface area contributed by atoms with Gasteiger partial charge in [-0.1, -0.05) is 0 Å². The van der Waals surface area contributed by atoms with Crippen LogP contribution in [0.5, 0.6) is 0 Å². The van der Waals surface area contributed by atoms with Crippen LogP contribution in [-0.4, -0.2) is 27.3 Å². The zero-order chi connectivity index (χ0) is 15.0. The van der Waals surface area contributed by atoms with Gasteiger partial charge in [-0.3, -0.25) is 4.79 Å². The van der Waals surface area contributed by atoms with E-state index in [1.807, 2.05) is 36.3 Å². The molecule has 2 aromatic heterocycles. The van der Waals surface area contributed by atoms with E-state index in [1.54, 1.807) is 6.20 Å². The summed E-state index contributed by atoms with van der Waals surface area (Å²) in [5.41, 5.74) is 1.67. The van der Waals surface area contributed by atoms with Gasteiger partial charge in [0.1, 0.15) is 5.54 Å². The SMILES string of the molecule is Cc1csc(C(=O)N2CCCC2(C)c2nccc(C)n2)c1. The fourth-order valence-electron chi connectivity index (χ4n) is 2.91. The van der Waals surface area contributed by atoms with E-state index in [0.717, 1.165) is 41.3 Å². The molecule has 1 amide bonds. The topological polar surface area (TPSA) is 46.1 Å². The monoisotopic (exact) mass is 301 g/mol. The quantitative estimate of drug-likeness (QED) is 0.855. The van der Waals surface area contributed by atoms with Crippen molar-refractivity contribution in [1.29, 1.82) is 0 Å². The van der Waals surface area contributed by atoms with Gasteiger partial charge in [-0.2, -0.15) is 0 Å². The van der Waals surface area contributed by atoms with E-state index in [0.29, 0.717) is 0 Å². The number of aryl methyl sites for hydroxylation is 2. The molecule has 0 radical (unpaired) electrons. The van der Waals surface area contributed by atoms with Gasteiger partial charge in [0.15, 0.2) is 5.82 Å². The Hall–Kier alpha value is -1.75. The molecule has 21 heavy (non-hydrogen) atoms. The number of rotatable bonds is 2. The van der Waals surface area contributed by atoms with E-state index in [1.165, 1.54) is 11.3 Å². The van der Waals surface area contributed by atoms with Crippen molar-refractivity contribution in [3.63, 3.8) is 0 Å². The van der Waals surface area contributed by atoms with Gasteiger partial charge >= 0.3 is 0 Å². The molecule has 0 spiro atoms. The Morgan fingerprint density at radius 3 is 2.90 bits per heavy atom. The van der Waals surface area contributed by atoms with Crippen LogP contribution < -0.4 is 0 Å². The third-order valence-electron chi connectivity index (χ3n) is 4.10. The lowest BCUT2D eigenvalue weighted by Gasteiger charge is -2.33. The first-order valence-electron chi connectivity index (χ1n) is 7.18. The number of hydrogen-bond acceptors (Lipinski definition) is 4. The molecule has 4 nitrogen and oxygen atoms in total. The van der Waals surface area contributed by atoms with Crippen LogP contribution in [0.2, 0.25) is 0 Å². The summed E-state index contributed by atoms with van der Waals surface area (Å²) < 4.78 is 0. The van der Waals surface area contributed by atoms with Crippen LogP contribution in [0.4, 0.5) is 0 Å². The second kappa shape index (κ2) is 5.22. The minimum absolute atomic E-state index is 0.0956. The summed E-state index contributed by atoms with van der Waals surface area (Å²) in [6.07, 6.45) is 3.68. The molecule has 0 bridgehead atoms. The van der Waals surface area contributed by atoms with Crippen molar-refractivity contribution in [2.45, 2.75) is 39.2 Å². The number of amides is 1. The second-order valence-electron chi connectivity index (χ2n) is 5.84. The molecule has 1 saturated heterocycles. The van der Waals surface area contributed by atoms with Crippen molar-refractivity contribution in [2.24, 2.45) is 0 Å². The Morgan fingerprint density at radius 2 is 2.24 bits per heavy atom. The van der Waals surface area contributed by atoms with Crippen LogP contribution in [0, 0.1) is 13.8 Å². The van der Waals surface area contributed by atoms with Crippen LogP contribution in [0.25, 0.3) is 0 Å². The van der Waals surface area contributed by atoms with Crippen molar-refractivity contribution in [3.05, 3.63) is 45.7 Å². The molecule has 1 unspecified atom stereocenters. The van der Waals surface area contributed by atoms with Gasteiger partial charge in [-0.25, -0.2) is 9.97 Å². The number of thiophene rings is 1. The van der Waals surface area contributed by atoms with E-state index in [4.69, 9.17) is 0 Å². The maximum absolute atomic E-state index is 12.8. The molecule has 3 rings (SSSR count). The second-order valence-corrected chi connectivity index (χ2v) is 6.76. The molecule has 1 fully saturated rings. The zero-order valence-electron chi connectivity index (χ0n) is 12.6. The predicted molar refractivity (Wildman–Crippen MR) is 83.4 cm³/mol. The highest BCUT2D eigenvalue weighted by molar-refractivity contribution is 7.12. The Kier molecular flexibility index (Phi) is 3.53. The van der Waals surface area contributed by atoms with Gasteiger partial charge in [0.25, 0.3) is 5.91 Å². The highest BCUT2D eigenvalue weighted by Gasteiger charge is 2.43. The first-order valence-corrected chi connectivity index (χ1v) is 8.06. The van der Waals surface area contributed by atoms with Crippen molar-refractivity contribution in [3.8, 4) is 0 Å². The molecule has 1 aliphatic rings. The first kappa shape index (κ1) is 14.2. The Balaban J connectivity index is 1.96. The summed E-state index contributed by atoms with van der Waals surface area (Å²) in [5, 5.41) is 2.02. The molecule has 110 valence electrons. The average Bonchev–Trinajstić information content (AvgIpc) is 3.05. The van der Waals surface area contributed by atoms with Gasteiger partial charge in [-0.15, -0.1) is 11.3 Å². The van der Waals surface area contributed by atoms with Crippen LogP contribution in [0.15, 0.2) is 23.7 Å². The highest BCUT2D eigenvalue weighted by atomic mass is 32.1. The number of carbonyl (C=O) groups is 1.